The van der Waals surface area contributed by atoms with Gasteiger partial charge in [0.25, 0.3) is 0 Å². The molecule has 0 unspecified atom stereocenters. The van der Waals surface area contributed by atoms with E-state index < -0.39 is 0 Å². The maximum atomic E-state index is 14.5. The Bertz CT molecular complexity index is 3540. The molecule has 5 heteroatoms. The summed E-state index contributed by atoms with van der Waals surface area (Å²) in [5, 5.41) is 9.07. The van der Waals surface area contributed by atoms with Crippen LogP contribution >= 0.6 is 0 Å². The molecular formula is C56H39NO4. The fraction of sp³-hybridized carbons (Fsp3) is 0.214. The minimum atomic E-state index is 0.0871. The fourth-order valence-corrected chi connectivity index (χ4v) is 13.1. The first kappa shape index (κ1) is 33.1. The van der Waals surface area contributed by atoms with Gasteiger partial charge in [-0.05, 0) is 151 Å². The van der Waals surface area contributed by atoms with E-state index in [-0.39, 0.29) is 11.8 Å². The topological polar surface area (TPSA) is 64.8 Å². The molecule has 4 heterocycles. The SMILES string of the molecule is O=C1c2cc3c(cc2C2CCC1CC2)c1c(-c2cccc4oc5ccccc5c24)cc(-c2cccc4oc5ccccc5c24)c2c4cc5c(cc4n3c12)C(=O)C1CCC5CC1. The molecule has 0 radical (unpaired) electrons. The van der Waals surface area contributed by atoms with Gasteiger partial charge in [-0.1, -0.05) is 60.7 Å². The van der Waals surface area contributed by atoms with Crippen LogP contribution in [0.5, 0.6) is 0 Å². The van der Waals surface area contributed by atoms with Crippen LogP contribution in [-0.2, 0) is 0 Å². The molecule has 6 aliphatic rings. The Balaban J connectivity index is 1.19. The lowest BCUT2D eigenvalue weighted by Crippen LogP contribution is -2.15. The molecule has 5 nitrogen and oxygen atoms in total. The lowest BCUT2D eigenvalue weighted by atomic mass is 9.81. The van der Waals surface area contributed by atoms with E-state index >= 15 is 0 Å². The Kier molecular flexibility index (Phi) is 6.26. The smallest absolute Gasteiger partial charge is 0.166 e. The van der Waals surface area contributed by atoms with Crippen molar-refractivity contribution in [3.05, 3.63) is 138 Å². The lowest BCUT2D eigenvalue weighted by Gasteiger charge is -2.22. The van der Waals surface area contributed by atoms with Gasteiger partial charge in [0.2, 0.25) is 0 Å². The largest absolute Gasteiger partial charge is 0.456 e. The second kappa shape index (κ2) is 11.6. The molecule has 4 aromatic heterocycles. The number of furan rings is 2. The van der Waals surface area contributed by atoms with Gasteiger partial charge in [0, 0.05) is 66.1 Å². The average Bonchev–Trinajstić information content (AvgIpc) is 3.99. The molecule has 0 spiro atoms. The highest BCUT2D eigenvalue weighted by Gasteiger charge is 2.39. The van der Waals surface area contributed by atoms with Crippen LogP contribution in [0.15, 0.2) is 124 Å². The molecule has 292 valence electrons. The van der Waals surface area contributed by atoms with E-state index in [1.165, 1.54) is 32.7 Å². The Morgan fingerprint density at radius 3 is 1.28 bits per heavy atom. The molecule has 0 N–H and O–H groups in total. The second-order valence-electron chi connectivity index (χ2n) is 18.7. The van der Waals surface area contributed by atoms with Gasteiger partial charge in [0.15, 0.2) is 11.6 Å². The molecule has 2 fully saturated rings. The zero-order valence-corrected chi connectivity index (χ0v) is 33.5. The zero-order valence-electron chi connectivity index (χ0n) is 33.5. The van der Waals surface area contributed by atoms with Crippen molar-refractivity contribution in [3.63, 3.8) is 0 Å². The number of nitrogens with zero attached hydrogens (tertiary/aromatic N) is 1. The van der Waals surface area contributed by atoms with Crippen LogP contribution in [0.2, 0.25) is 0 Å². The Labute approximate surface area is 349 Å². The summed E-state index contributed by atoms with van der Waals surface area (Å²) in [5.74, 6) is 1.52. The van der Waals surface area contributed by atoms with E-state index in [2.05, 4.69) is 108 Å². The maximum Gasteiger partial charge on any atom is 0.166 e. The third kappa shape index (κ3) is 4.17. The number of aromatic nitrogens is 1. The molecule has 0 aliphatic heterocycles. The van der Waals surface area contributed by atoms with E-state index in [0.717, 1.165) is 145 Å². The predicted molar refractivity (Wildman–Crippen MR) is 245 cm³/mol. The number of hydrogen-bond donors (Lipinski definition) is 0. The molecule has 11 aromatic rings. The Morgan fingerprint density at radius 2 is 0.803 bits per heavy atom. The van der Waals surface area contributed by atoms with Crippen molar-refractivity contribution in [2.24, 2.45) is 11.8 Å². The molecule has 0 saturated heterocycles. The van der Waals surface area contributed by atoms with Crippen molar-refractivity contribution < 1.29 is 18.4 Å². The third-order valence-electron chi connectivity index (χ3n) is 15.9. The quantitative estimate of drug-likeness (QED) is 0.175. The standard InChI is InChI=1S/C56H39NO4/c58-55-30-19-15-28(16-20-30)36-23-42-44(26-40(36)55)57-45-27-41-37(29-17-21-31(22-18-29)56(41)59)24-43(45)53-39(33-10-6-14-49-51(33)35-8-2-4-12-47(35)61-49)25-38(52(42)54(53)57)32-9-5-13-48-50(32)34-7-1-3-11-46(34)60-48/h1-14,23-31H,15-22H2. The van der Waals surface area contributed by atoms with E-state index in [1.807, 2.05) is 12.1 Å². The molecule has 2 saturated carbocycles. The number of fused-ring (bicyclic) bond motifs is 16. The monoisotopic (exact) mass is 789 g/mol. The van der Waals surface area contributed by atoms with E-state index in [4.69, 9.17) is 8.83 Å². The van der Waals surface area contributed by atoms with Gasteiger partial charge >= 0.3 is 0 Å². The number of carbonyl (C=O) groups is 2. The number of benzene rings is 7. The van der Waals surface area contributed by atoms with Crippen molar-refractivity contribution in [3.8, 4) is 22.3 Å². The van der Waals surface area contributed by atoms with Gasteiger partial charge in [0.1, 0.15) is 22.3 Å². The third-order valence-corrected chi connectivity index (χ3v) is 15.9. The van der Waals surface area contributed by atoms with Gasteiger partial charge in [-0.25, -0.2) is 0 Å². The Morgan fingerprint density at radius 1 is 0.377 bits per heavy atom. The summed E-state index contributed by atoms with van der Waals surface area (Å²) in [4.78, 5) is 28.9. The second-order valence-corrected chi connectivity index (χ2v) is 18.7. The van der Waals surface area contributed by atoms with Crippen LogP contribution in [0.1, 0.15) is 95.0 Å². The van der Waals surface area contributed by atoms with Crippen molar-refractivity contribution in [2.75, 3.05) is 0 Å². The lowest BCUT2D eigenvalue weighted by molar-refractivity contribution is 0.0891. The molecule has 17 rings (SSSR count). The number of ketones is 2. The maximum absolute atomic E-state index is 14.5. The summed E-state index contributed by atoms with van der Waals surface area (Å²) in [6, 6.07) is 41.4. The van der Waals surface area contributed by atoms with Crippen LogP contribution < -0.4 is 0 Å². The first-order valence-corrected chi connectivity index (χ1v) is 22.3. The van der Waals surface area contributed by atoms with E-state index in [9.17, 15) is 9.59 Å². The fourth-order valence-electron chi connectivity index (χ4n) is 13.1. The molecule has 0 amide bonds. The number of para-hydroxylation sites is 2. The summed E-state index contributed by atoms with van der Waals surface area (Å²) in [6.45, 7) is 0. The highest BCUT2D eigenvalue weighted by atomic mass is 16.3. The van der Waals surface area contributed by atoms with Gasteiger partial charge in [-0.2, -0.15) is 0 Å². The number of carbonyl (C=O) groups excluding carboxylic acids is 2. The van der Waals surface area contributed by atoms with Crippen LogP contribution in [0.3, 0.4) is 0 Å². The minimum Gasteiger partial charge on any atom is -0.456 e. The van der Waals surface area contributed by atoms with E-state index in [0.29, 0.717) is 23.4 Å². The molecular weight excluding hydrogens is 751 g/mol. The van der Waals surface area contributed by atoms with E-state index in [1.54, 1.807) is 0 Å². The average molecular weight is 790 g/mol. The van der Waals surface area contributed by atoms with Crippen molar-refractivity contribution in [2.45, 2.75) is 63.2 Å². The molecule has 61 heavy (non-hydrogen) atoms. The van der Waals surface area contributed by atoms with Crippen LogP contribution in [0.4, 0.5) is 0 Å². The normalized spacial score (nSPS) is 21.3. The first-order valence-electron chi connectivity index (χ1n) is 22.3. The first-order chi connectivity index (χ1) is 30.1. The summed E-state index contributed by atoms with van der Waals surface area (Å²) in [7, 11) is 0. The highest BCUT2D eigenvalue weighted by molar-refractivity contribution is 6.34. The minimum absolute atomic E-state index is 0.0871. The predicted octanol–water partition coefficient (Wildman–Crippen LogP) is 14.9. The van der Waals surface area contributed by atoms with Gasteiger partial charge < -0.3 is 13.2 Å². The molecule has 4 bridgehead atoms. The van der Waals surface area contributed by atoms with Crippen molar-refractivity contribution in [1.82, 2.24) is 4.40 Å². The van der Waals surface area contributed by atoms with Crippen LogP contribution in [0.25, 0.3) is 104 Å². The molecule has 7 aromatic carbocycles. The summed E-state index contributed by atoms with van der Waals surface area (Å²) in [6.07, 6.45) is 8.07. The summed E-state index contributed by atoms with van der Waals surface area (Å²) < 4.78 is 15.6. The summed E-state index contributed by atoms with van der Waals surface area (Å²) >= 11 is 0. The highest BCUT2D eigenvalue weighted by Crippen LogP contribution is 2.55. The van der Waals surface area contributed by atoms with Crippen molar-refractivity contribution >= 4 is 93.5 Å². The number of Topliss-reactive ketones (excluding diaryl/α,β-unsaturated/α-hetero) is 2. The zero-order chi connectivity index (χ0) is 39.8. The summed E-state index contributed by atoms with van der Waals surface area (Å²) in [5.41, 5.74) is 15.4. The Hall–Kier alpha value is -6.72. The van der Waals surface area contributed by atoms with Gasteiger partial charge in [-0.3, -0.25) is 9.59 Å². The van der Waals surface area contributed by atoms with Crippen LogP contribution in [0, 0.1) is 11.8 Å². The molecule has 6 aliphatic carbocycles. The van der Waals surface area contributed by atoms with Crippen molar-refractivity contribution in [1.29, 1.82) is 0 Å². The van der Waals surface area contributed by atoms with Crippen LogP contribution in [-0.4, -0.2) is 16.0 Å². The number of hydrogen-bond acceptors (Lipinski definition) is 4. The van der Waals surface area contributed by atoms with Gasteiger partial charge in [-0.15, -0.1) is 0 Å². The van der Waals surface area contributed by atoms with Gasteiger partial charge in [0.05, 0.1) is 16.6 Å². The number of rotatable bonds is 2. The molecule has 0 atom stereocenters.